The van der Waals surface area contributed by atoms with E-state index in [9.17, 15) is 43.2 Å². The molecule has 0 spiro atoms. The minimum atomic E-state index is -4.95. The Morgan fingerprint density at radius 1 is 0.311 bits per heavy atom. The molecule has 0 heterocycles. The molecule has 0 amide bonds. The second-order valence-electron chi connectivity index (χ2n) is 27.3. The molecule has 534 valence electrons. The lowest BCUT2D eigenvalue weighted by Gasteiger charge is -2.21. The van der Waals surface area contributed by atoms with Gasteiger partial charge < -0.3 is 33.8 Å². The molecule has 90 heavy (non-hydrogen) atoms. The average molecular weight is 1330 g/mol. The van der Waals surface area contributed by atoms with Crippen LogP contribution in [-0.2, 0) is 65.4 Å². The Morgan fingerprint density at radius 2 is 0.533 bits per heavy atom. The van der Waals surface area contributed by atoms with Crippen LogP contribution in [0.1, 0.15) is 351 Å². The molecule has 0 aromatic carbocycles. The fourth-order valence-corrected chi connectivity index (χ4v) is 12.2. The summed E-state index contributed by atoms with van der Waals surface area (Å²) in [7, 11) is -9.90. The summed E-state index contributed by atoms with van der Waals surface area (Å²) in [5.74, 6) is 0.836. The van der Waals surface area contributed by atoms with Crippen molar-refractivity contribution in [3.05, 3.63) is 0 Å². The van der Waals surface area contributed by atoms with Gasteiger partial charge >= 0.3 is 39.5 Å². The lowest BCUT2D eigenvalue weighted by molar-refractivity contribution is -0.161. The van der Waals surface area contributed by atoms with Gasteiger partial charge in [-0.2, -0.15) is 0 Å². The maximum atomic E-state index is 13.0. The zero-order valence-electron chi connectivity index (χ0n) is 58.8. The van der Waals surface area contributed by atoms with Gasteiger partial charge in [0.15, 0.2) is 12.2 Å². The van der Waals surface area contributed by atoms with E-state index in [2.05, 4.69) is 55.4 Å². The van der Waals surface area contributed by atoms with E-state index in [1.807, 2.05) is 0 Å². The number of hydrogen-bond acceptors (Lipinski definition) is 15. The summed E-state index contributed by atoms with van der Waals surface area (Å²) in [5.41, 5.74) is 0. The fraction of sp³-hybridized carbons (Fsp3) is 0.944. The van der Waals surface area contributed by atoms with Gasteiger partial charge in [0.05, 0.1) is 26.4 Å². The Labute approximate surface area is 549 Å². The van der Waals surface area contributed by atoms with Crippen LogP contribution in [0.4, 0.5) is 0 Å². The molecule has 17 nitrogen and oxygen atoms in total. The van der Waals surface area contributed by atoms with E-state index in [-0.39, 0.29) is 25.7 Å². The molecule has 0 aliphatic heterocycles. The third-order valence-corrected chi connectivity index (χ3v) is 18.6. The quantitative estimate of drug-likeness (QED) is 0.0222. The van der Waals surface area contributed by atoms with Crippen molar-refractivity contribution in [1.82, 2.24) is 0 Å². The van der Waals surface area contributed by atoms with Crippen molar-refractivity contribution in [1.29, 1.82) is 0 Å². The normalized spacial score (nSPS) is 14.6. The molecule has 6 atom stereocenters. The molecule has 0 saturated carbocycles. The molecule has 0 aromatic heterocycles. The molecule has 0 bridgehead atoms. The topological polar surface area (TPSA) is 237 Å². The van der Waals surface area contributed by atoms with Crippen LogP contribution >= 0.6 is 15.6 Å². The molecule has 19 heteroatoms. The van der Waals surface area contributed by atoms with E-state index in [1.165, 1.54) is 148 Å². The number of aliphatic hydroxyl groups is 1. The number of esters is 4. The number of hydrogen-bond donors (Lipinski definition) is 3. The van der Waals surface area contributed by atoms with Crippen LogP contribution < -0.4 is 0 Å². The first kappa shape index (κ1) is 88.1. The molecule has 0 aliphatic rings. The Morgan fingerprint density at radius 3 is 0.789 bits per heavy atom. The summed E-state index contributed by atoms with van der Waals surface area (Å²) >= 11 is 0. The highest BCUT2D eigenvalue weighted by molar-refractivity contribution is 7.47. The van der Waals surface area contributed by atoms with Gasteiger partial charge in [-0.05, 0) is 49.4 Å². The monoisotopic (exact) mass is 1320 g/mol. The summed E-state index contributed by atoms with van der Waals surface area (Å²) in [5, 5.41) is 10.6. The first-order valence-electron chi connectivity index (χ1n) is 36.7. The zero-order valence-corrected chi connectivity index (χ0v) is 60.6. The summed E-state index contributed by atoms with van der Waals surface area (Å²) < 4.78 is 68.3. The third kappa shape index (κ3) is 63.5. The molecule has 0 radical (unpaired) electrons. The van der Waals surface area contributed by atoms with Gasteiger partial charge in [-0.25, -0.2) is 9.13 Å². The van der Waals surface area contributed by atoms with Crippen molar-refractivity contribution in [3.63, 3.8) is 0 Å². The first-order valence-corrected chi connectivity index (χ1v) is 39.7. The third-order valence-electron chi connectivity index (χ3n) is 16.7. The van der Waals surface area contributed by atoms with Gasteiger partial charge in [-0.1, -0.05) is 299 Å². The highest BCUT2D eigenvalue weighted by atomic mass is 31.2. The van der Waals surface area contributed by atoms with Crippen LogP contribution in [0.25, 0.3) is 0 Å². The number of unbranched alkanes of at least 4 members (excludes halogenated alkanes) is 33. The molecule has 0 rings (SSSR count). The molecule has 0 saturated heterocycles. The molecule has 0 aliphatic carbocycles. The van der Waals surface area contributed by atoms with Gasteiger partial charge in [0.1, 0.15) is 19.3 Å². The molecule has 0 aromatic rings. The minimum Gasteiger partial charge on any atom is -0.462 e. The SMILES string of the molecule is CCC(C)CCCCCCCCC(=O)O[C@H](COC(=O)CCCCCCCCC(C)C)COP(=O)(O)OC[C@H](O)COP(=O)(O)OC[C@@H](COC(=O)CCCCCCCCCCCCCCC(C)C)OC(=O)CCCCCCCCCCCCCCCC(C)C. The lowest BCUT2D eigenvalue weighted by atomic mass is 10.00. The van der Waals surface area contributed by atoms with Crippen LogP contribution in [-0.4, -0.2) is 96.7 Å². The largest absolute Gasteiger partial charge is 0.472 e. The minimum absolute atomic E-state index is 0.101. The van der Waals surface area contributed by atoms with Gasteiger partial charge in [0.25, 0.3) is 0 Å². The van der Waals surface area contributed by atoms with Crippen LogP contribution in [0.15, 0.2) is 0 Å². The maximum Gasteiger partial charge on any atom is 0.472 e. The van der Waals surface area contributed by atoms with E-state index in [0.717, 1.165) is 114 Å². The summed E-state index contributed by atoms with van der Waals surface area (Å²) in [6, 6.07) is 0. The predicted octanol–water partition coefficient (Wildman–Crippen LogP) is 20.1. The summed E-state index contributed by atoms with van der Waals surface area (Å²) in [6.45, 7) is 14.1. The van der Waals surface area contributed by atoms with Crippen molar-refractivity contribution in [2.24, 2.45) is 23.7 Å². The van der Waals surface area contributed by atoms with Gasteiger partial charge in [-0.3, -0.25) is 37.3 Å². The average Bonchev–Trinajstić information content (AvgIpc) is 3.71. The Balaban J connectivity index is 5.24. The van der Waals surface area contributed by atoms with Crippen molar-refractivity contribution in [3.8, 4) is 0 Å². The van der Waals surface area contributed by atoms with Gasteiger partial charge in [-0.15, -0.1) is 0 Å². The summed E-state index contributed by atoms with van der Waals surface area (Å²) in [6.07, 6.45) is 43.2. The van der Waals surface area contributed by atoms with Gasteiger partial charge in [0, 0.05) is 25.7 Å². The number of rotatable bonds is 68. The van der Waals surface area contributed by atoms with Crippen LogP contribution in [0.5, 0.6) is 0 Å². The van der Waals surface area contributed by atoms with E-state index >= 15 is 0 Å². The van der Waals surface area contributed by atoms with E-state index in [4.69, 9.17) is 37.0 Å². The predicted molar refractivity (Wildman–Crippen MR) is 363 cm³/mol. The van der Waals surface area contributed by atoms with E-state index < -0.39 is 97.5 Å². The number of ether oxygens (including phenoxy) is 4. The van der Waals surface area contributed by atoms with Crippen molar-refractivity contribution >= 4 is 39.5 Å². The number of phosphoric acid groups is 2. The lowest BCUT2D eigenvalue weighted by Crippen LogP contribution is -2.30. The first-order chi connectivity index (χ1) is 43.1. The fourth-order valence-electron chi connectivity index (χ4n) is 10.6. The van der Waals surface area contributed by atoms with Crippen molar-refractivity contribution in [2.75, 3.05) is 39.6 Å². The Bertz CT molecular complexity index is 1780. The zero-order chi connectivity index (χ0) is 66.8. The van der Waals surface area contributed by atoms with Crippen molar-refractivity contribution in [2.45, 2.75) is 369 Å². The smallest absolute Gasteiger partial charge is 0.462 e. The van der Waals surface area contributed by atoms with Gasteiger partial charge in [0.2, 0.25) is 0 Å². The number of phosphoric ester groups is 2. The maximum absolute atomic E-state index is 13.0. The second-order valence-corrected chi connectivity index (χ2v) is 30.2. The number of aliphatic hydroxyl groups excluding tert-OH is 1. The van der Waals surface area contributed by atoms with E-state index in [1.54, 1.807) is 0 Å². The molecule has 3 unspecified atom stereocenters. The van der Waals surface area contributed by atoms with Crippen LogP contribution in [0, 0.1) is 23.7 Å². The highest BCUT2D eigenvalue weighted by Crippen LogP contribution is 2.45. The summed E-state index contributed by atoms with van der Waals surface area (Å²) in [4.78, 5) is 72.5. The number of carbonyl (C=O) groups is 4. The number of carbonyl (C=O) groups excluding carboxylic acids is 4. The van der Waals surface area contributed by atoms with Crippen LogP contribution in [0.3, 0.4) is 0 Å². The molecular weight excluding hydrogens is 1190 g/mol. The molecule has 0 fully saturated rings. The molecular formula is C71H138O17P2. The highest BCUT2D eigenvalue weighted by Gasteiger charge is 2.30. The second kappa shape index (κ2) is 60.7. The van der Waals surface area contributed by atoms with Crippen LogP contribution in [0.2, 0.25) is 0 Å². The Kier molecular flexibility index (Phi) is 59.4. The van der Waals surface area contributed by atoms with E-state index in [0.29, 0.717) is 31.6 Å². The Hall–Kier alpha value is -1.94. The standard InChI is InChI=1S/C71H138O17P2/c1-9-64(8)50-42-34-28-30-38-46-54-71(76)88-67(58-82-69(74)52-44-36-29-27-33-41-49-63(6)7)60-86-90(79,80)84-56-65(72)55-83-89(77,78)85-59-66(57-81-68(73)51-43-35-25-21-17-14-13-16-20-24-32-40-48-62(4)5)87-70(75)53-45-37-26-22-18-12-10-11-15-19-23-31-39-47-61(2)3/h61-67,72H,9-60H2,1-8H3,(H,77,78)(H,79,80)/t64?,65-,66-,67-/m1/s1. The van der Waals surface area contributed by atoms with Crippen molar-refractivity contribution < 1.29 is 80.2 Å². The molecule has 3 N–H and O–H groups in total.